The van der Waals surface area contributed by atoms with Crippen LogP contribution in [0.25, 0.3) is 0 Å². The summed E-state index contributed by atoms with van der Waals surface area (Å²) in [5.74, 6) is -1.12. The second-order valence-electron chi connectivity index (χ2n) is 4.62. The first-order chi connectivity index (χ1) is 10.8. The zero-order valence-corrected chi connectivity index (χ0v) is 12.0. The molecule has 0 aliphatic heterocycles. The van der Waals surface area contributed by atoms with Gasteiger partial charge in [-0.05, 0) is 12.1 Å². The molecule has 1 aromatic carbocycles. The largest absolute Gasteiger partial charge is 0.492 e. The fraction of sp³-hybridized carbons (Fsp3) is 0.286. The minimum Gasteiger partial charge on any atom is -0.492 e. The maximum absolute atomic E-state index is 12.9. The van der Waals surface area contributed by atoms with Crippen LogP contribution in [0.1, 0.15) is 16.1 Å². The van der Waals surface area contributed by atoms with Gasteiger partial charge in [0.25, 0.3) is 5.91 Å². The lowest BCUT2D eigenvalue weighted by atomic mass is 10.2. The monoisotopic (exact) mass is 331 g/mol. The zero-order valence-electron chi connectivity index (χ0n) is 12.0. The number of carbonyl (C=O) groups excluding carboxylic acids is 1. The molecule has 1 aromatic heterocycles. The van der Waals surface area contributed by atoms with Gasteiger partial charge in [-0.15, -0.1) is 0 Å². The molecule has 0 saturated carbocycles. The SMILES string of the molecule is Cn1cc(C(=O)NCCOc2cccc(F)c2)c(C(F)(F)F)n1. The quantitative estimate of drug-likeness (QED) is 0.676. The molecule has 0 atom stereocenters. The number of amides is 1. The summed E-state index contributed by atoms with van der Waals surface area (Å²) in [5, 5.41) is 5.55. The third kappa shape index (κ3) is 4.44. The maximum Gasteiger partial charge on any atom is 0.435 e. The first-order valence-electron chi connectivity index (χ1n) is 6.55. The number of hydrogen-bond acceptors (Lipinski definition) is 3. The van der Waals surface area contributed by atoms with E-state index in [-0.39, 0.29) is 18.9 Å². The number of benzene rings is 1. The number of rotatable bonds is 5. The predicted octanol–water partition coefficient (Wildman–Crippen LogP) is 2.39. The Labute approximate surface area is 128 Å². The summed E-state index contributed by atoms with van der Waals surface area (Å²) in [7, 11) is 1.29. The Hall–Kier alpha value is -2.58. The lowest BCUT2D eigenvalue weighted by Gasteiger charge is -2.08. The van der Waals surface area contributed by atoms with Crippen LogP contribution < -0.4 is 10.1 Å². The number of hydrogen-bond donors (Lipinski definition) is 1. The molecule has 23 heavy (non-hydrogen) atoms. The highest BCUT2D eigenvalue weighted by atomic mass is 19.4. The number of nitrogens with one attached hydrogen (secondary N) is 1. The third-order valence-corrected chi connectivity index (χ3v) is 2.79. The molecule has 2 aromatic rings. The molecule has 1 amide bonds. The molecule has 0 unspecified atom stereocenters. The number of nitrogens with zero attached hydrogens (tertiary/aromatic N) is 2. The Bertz CT molecular complexity index is 698. The van der Waals surface area contributed by atoms with Crippen LogP contribution in [0, 0.1) is 5.82 Å². The molecule has 0 radical (unpaired) electrons. The minimum absolute atomic E-state index is 0.0171. The Balaban J connectivity index is 1.91. The van der Waals surface area contributed by atoms with E-state index in [1.165, 1.54) is 25.2 Å². The van der Waals surface area contributed by atoms with Gasteiger partial charge in [-0.3, -0.25) is 9.48 Å². The van der Waals surface area contributed by atoms with Crippen LogP contribution in [0.4, 0.5) is 17.6 Å². The fourth-order valence-electron chi connectivity index (χ4n) is 1.85. The highest BCUT2D eigenvalue weighted by Crippen LogP contribution is 2.30. The number of ether oxygens (including phenoxy) is 1. The normalized spacial score (nSPS) is 11.3. The van der Waals surface area contributed by atoms with E-state index in [0.29, 0.717) is 0 Å². The second kappa shape index (κ2) is 6.67. The summed E-state index contributed by atoms with van der Waals surface area (Å²) in [6, 6.07) is 5.38. The Kier molecular flexibility index (Phi) is 4.87. The fourth-order valence-corrected chi connectivity index (χ4v) is 1.85. The second-order valence-corrected chi connectivity index (χ2v) is 4.62. The van der Waals surface area contributed by atoms with Gasteiger partial charge in [0.15, 0.2) is 5.69 Å². The number of aryl methyl sites for hydroxylation is 1. The van der Waals surface area contributed by atoms with Crippen LogP contribution in [0.15, 0.2) is 30.5 Å². The van der Waals surface area contributed by atoms with E-state index in [1.807, 2.05) is 0 Å². The molecule has 0 saturated heterocycles. The Morgan fingerprint density at radius 2 is 2.13 bits per heavy atom. The van der Waals surface area contributed by atoms with Gasteiger partial charge in [-0.25, -0.2) is 4.39 Å². The van der Waals surface area contributed by atoms with Crippen LogP contribution in [0.5, 0.6) is 5.75 Å². The van der Waals surface area contributed by atoms with Gasteiger partial charge in [0.1, 0.15) is 18.2 Å². The van der Waals surface area contributed by atoms with Gasteiger partial charge in [0, 0.05) is 19.3 Å². The zero-order chi connectivity index (χ0) is 17.0. The van der Waals surface area contributed by atoms with Crippen molar-refractivity contribution in [2.75, 3.05) is 13.2 Å². The smallest absolute Gasteiger partial charge is 0.435 e. The van der Waals surface area contributed by atoms with Crippen molar-refractivity contribution in [2.45, 2.75) is 6.18 Å². The molecule has 1 N–H and O–H groups in total. The number of halogens is 4. The average Bonchev–Trinajstić information content (AvgIpc) is 2.86. The highest BCUT2D eigenvalue weighted by Gasteiger charge is 2.38. The van der Waals surface area contributed by atoms with Crippen molar-refractivity contribution in [3.63, 3.8) is 0 Å². The molecule has 0 aliphatic carbocycles. The van der Waals surface area contributed by atoms with Crippen molar-refractivity contribution in [2.24, 2.45) is 7.05 Å². The van der Waals surface area contributed by atoms with E-state index in [1.54, 1.807) is 0 Å². The van der Waals surface area contributed by atoms with E-state index in [2.05, 4.69) is 10.4 Å². The van der Waals surface area contributed by atoms with Crippen LogP contribution in [0.2, 0.25) is 0 Å². The molecule has 0 bridgehead atoms. The first kappa shape index (κ1) is 16.8. The van der Waals surface area contributed by atoms with E-state index in [4.69, 9.17) is 4.74 Å². The van der Waals surface area contributed by atoms with Gasteiger partial charge in [0.05, 0.1) is 12.1 Å². The number of carbonyl (C=O) groups is 1. The maximum atomic E-state index is 12.9. The summed E-state index contributed by atoms with van der Waals surface area (Å²) >= 11 is 0. The molecule has 2 rings (SSSR count). The molecule has 124 valence electrons. The Morgan fingerprint density at radius 3 is 2.78 bits per heavy atom. The van der Waals surface area contributed by atoms with Crippen LogP contribution in [-0.4, -0.2) is 28.8 Å². The van der Waals surface area contributed by atoms with Crippen molar-refractivity contribution >= 4 is 5.91 Å². The molecule has 0 aliphatic rings. The molecule has 0 spiro atoms. The van der Waals surface area contributed by atoms with Gasteiger partial charge >= 0.3 is 6.18 Å². The van der Waals surface area contributed by atoms with Crippen molar-refractivity contribution < 1.29 is 27.1 Å². The summed E-state index contributed by atoms with van der Waals surface area (Å²) in [6.07, 6.45) is -3.72. The van der Waals surface area contributed by atoms with Gasteiger partial charge in [0.2, 0.25) is 0 Å². The van der Waals surface area contributed by atoms with Crippen LogP contribution >= 0.6 is 0 Å². The molecular formula is C14H13F4N3O2. The van der Waals surface area contributed by atoms with Crippen molar-refractivity contribution in [1.29, 1.82) is 0 Å². The molecule has 0 fully saturated rings. The highest BCUT2D eigenvalue weighted by molar-refractivity contribution is 5.95. The van der Waals surface area contributed by atoms with E-state index < -0.39 is 29.2 Å². The number of aromatic nitrogens is 2. The van der Waals surface area contributed by atoms with E-state index in [0.717, 1.165) is 16.9 Å². The lowest BCUT2D eigenvalue weighted by molar-refractivity contribution is -0.141. The van der Waals surface area contributed by atoms with E-state index >= 15 is 0 Å². The summed E-state index contributed by atoms with van der Waals surface area (Å²) < 4.78 is 57.3. The summed E-state index contributed by atoms with van der Waals surface area (Å²) in [6.45, 7) is -0.0572. The third-order valence-electron chi connectivity index (χ3n) is 2.79. The predicted molar refractivity (Wildman–Crippen MR) is 72.4 cm³/mol. The van der Waals surface area contributed by atoms with Crippen LogP contribution in [0.3, 0.4) is 0 Å². The number of alkyl halides is 3. The van der Waals surface area contributed by atoms with Gasteiger partial charge in [-0.1, -0.05) is 6.07 Å². The molecule has 9 heteroatoms. The summed E-state index contributed by atoms with van der Waals surface area (Å²) in [5.41, 5.74) is -1.81. The molecule has 1 heterocycles. The van der Waals surface area contributed by atoms with Gasteiger partial charge < -0.3 is 10.1 Å². The van der Waals surface area contributed by atoms with Crippen molar-refractivity contribution in [3.05, 3.63) is 47.5 Å². The van der Waals surface area contributed by atoms with E-state index in [9.17, 15) is 22.4 Å². The summed E-state index contributed by atoms with van der Waals surface area (Å²) in [4.78, 5) is 11.8. The van der Waals surface area contributed by atoms with Crippen molar-refractivity contribution in [3.8, 4) is 5.75 Å². The lowest BCUT2D eigenvalue weighted by Crippen LogP contribution is -2.29. The first-order valence-corrected chi connectivity index (χ1v) is 6.55. The molecular weight excluding hydrogens is 318 g/mol. The average molecular weight is 331 g/mol. The topological polar surface area (TPSA) is 56.2 Å². The minimum atomic E-state index is -4.72. The van der Waals surface area contributed by atoms with Crippen molar-refractivity contribution in [1.82, 2.24) is 15.1 Å². The van der Waals surface area contributed by atoms with Crippen LogP contribution in [-0.2, 0) is 13.2 Å². The molecule has 5 nitrogen and oxygen atoms in total. The Morgan fingerprint density at radius 1 is 1.39 bits per heavy atom. The van der Waals surface area contributed by atoms with Gasteiger partial charge in [-0.2, -0.15) is 18.3 Å². The standard InChI is InChI=1S/C14H13F4N3O2/c1-21-8-11(12(20-21)14(16,17)18)13(22)19-5-6-23-10-4-2-3-9(15)7-10/h2-4,7-8H,5-6H2,1H3,(H,19,22).